The minimum absolute atomic E-state index is 0.183. The zero-order valence-electron chi connectivity index (χ0n) is 19.1. The Morgan fingerprint density at radius 1 is 1.18 bits per heavy atom. The molecule has 3 aromatic rings. The molecule has 34 heavy (non-hydrogen) atoms. The maximum Gasteiger partial charge on any atom is 0.414 e. The molecule has 0 radical (unpaired) electrons. The number of halogens is 1. The largest absolute Gasteiger partial charge is 0.442 e. The molecule has 2 atom stereocenters. The van der Waals surface area contributed by atoms with E-state index in [1.807, 2.05) is 36.4 Å². The number of aromatic nitrogens is 1. The van der Waals surface area contributed by atoms with Gasteiger partial charge in [-0.1, -0.05) is 24.3 Å². The fraction of sp³-hybridized carbons (Fsp3) is 0.269. The van der Waals surface area contributed by atoms with Crippen LogP contribution < -0.4 is 15.5 Å². The van der Waals surface area contributed by atoms with E-state index in [0.29, 0.717) is 17.8 Å². The van der Waals surface area contributed by atoms with Crippen LogP contribution in [0.15, 0.2) is 67.0 Å². The Morgan fingerprint density at radius 3 is 2.59 bits per heavy atom. The van der Waals surface area contributed by atoms with Crippen LogP contribution in [0.1, 0.15) is 31.0 Å². The SMILES string of the molecule is CC(=O)NC[C@H]1CN(c2ccc(-c3ccc(CNC(C)c4ccncc4)cc3)c(F)c2)C(=O)O1. The average Bonchev–Trinajstić information content (AvgIpc) is 3.22. The molecule has 176 valence electrons. The minimum atomic E-state index is -0.555. The van der Waals surface area contributed by atoms with Crippen molar-refractivity contribution in [2.75, 3.05) is 18.0 Å². The van der Waals surface area contributed by atoms with Crippen LogP contribution in [0.25, 0.3) is 11.1 Å². The second kappa shape index (κ2) is 10.4. The van der Waals surface area contributed by atoms with Gasteiger partial charge in [0.05, 0.1) is 18.8 Å². The Kier molecular flexibility index (Phi) is 7.18. The van der Waals surface area contributed by atoms with Gasteiger partial charge in [-0.05, 0) is 53.9 Å². The summed E-state index contributed by atoms with van der Waals surface area (Å²) in [5.41, 5.74) is 3.88. The lowest BCUT2D eigenvalue weighted by Crippen LogP contribution is -2.33. The van der Waals surface area contributed by atoms with Crippen molar-refractivity contribution in [2.45, 2.75) is 32.5 Å². The van der Waals surface area contributed by atoms with Crippen molar-refractivity contribution >= 4 is 17.7 Å². The van der Waals surface area contributed by atoms with Crippen LogP contribution >= 0.6 is 0 Å². The number of hydrogen-bond acceptors (Lipinski definition) is 5. The molecule has 2 amide bonds. The standard InChI is InChI=1S/C26H27FN4O3/c1-17(20-9-11-28-12-10-20)29-14-19-3-5-21(6-4-19)24-8-7-22(13-25(24)27)31-16-23(34-26(31)33)15-30-18(2)32/h3-13,17,23,29H,14-16H2,1-2H3,(H,30,32)/t17?,23-/m0/s1. The van der Waals surface area contributed by atoms with E-state index in [-0.39, 0.29) is 25.0 Å². The Hall–Kier alpha value is -3.78. The number of carbonyl (C=O) groups is 2. The number of amides is 2. The summed E-state index contributed by atoms with van der Waals surface area (Å²) >= 11 is 0. The number of carbonyl (C=O) groups excluding carboxylic acids is 2. The molecule has 1 aliphatic rings. The first-order valence-electron chi connectivity index (χ1n) is 11.2. The average molecular weight is 463 g/mol. The fourth-order valence-corrected chi connectivity index (χ4v) is 3.85. The number of anilines is 1. The van der Waals surface area contributed by atoms with E-state index in [9.17, 15) is 14.0 Å². The highest BCUT2D eigenvalue weighted by Crippen LogP contribution is 2.29. The van der Waals surface area contributed by atoms with E-state index < -0.39 is 18.0 Å². The number of rotatable bonds is 8. The molecule has 1 saturated heterocycles. The summed E-state index contributed by atoms with van der Waals surface area (Å²) < 4.78 is 20.2. The van der Waals surface area contributed by atoms with Crippen LogP contribution in [0.3, 0.4) is 0 Å². The first-order valence-corrected chi connectivity index (χ1v) is 11.2. The summed E-state index contributed by atoms with van der Waals surface area (Å²) in [5, 5.41) is 6.10. The molecule has 0 saturated carbocycles. The van der Waals surface area contributed by atoms with E-state index >= 15 is 0 Å². The highest BCUT2D eigenvalue weighted by molar-refractivity contribution is 5.90. The molecule has 1 unspecified atom stereocenters. The highest BCUT2D eigenvalue weighted by atomic mass is 19.1. The first-order chi connectivity index (χ1) is 16.4. The monoisotopic (exact) mass is 462 g/mol. The van der Waals surface area contributed by atoms with Gasteiger partial charge in [0, 0.05) is 37.5 Å². The molecular formula is C26H27FN4O3. The molecule has 1 aromatic heterocycles. The van der Waals surface area contributed by atoms with E-state index in [2.05, 4.69) is 22.5 Å². The maximum atomic E-state index is 15.0. The van der Waals surface area contributed by atoms with Crippen molar-refractivity contribution in [2.24, 2.45) is 0 Å². The fourth-order valence-electron chi connectivity index (χ4n) is 3.85. The molecule has 0 aliphatic carbocycles. The molecule has 1 fully saturated rings. The predicted molar refractivity (Wildman–Crippen MR) is 128 cm³/mol. The normalized spacial score (nSPS) is 16.3. The van der Waals surface area contributed by atoms with Crippen molar-refractivity contribution < 1.29 is 18.7 Å². The van der Waals surface area contributed by atoms with E-state index in [0.717, 1.165) is 16.7 Å². The van der Waals surface area contributed by atoms with E-state index in [1.54, 1.807) is 24.5 Å². The summed E-state index contributed by atoms with van der Waals surface area (Å²) in [6, 6.07) is 16.6. The number of hydrogen-bond donors (Lipinski definition) is 2. The lowest BCUT2D eigenvalue weighted by atomic mass is 10.0. The van der Waals surface area contributed by atoms with Crippen LogP contribution in [-0.4, -0.2) is 36.2 Å². The first kappa shape index (κ1) is 23.4. The topological polar surface area (TPSA) is 83.6 Å². The van der Waals surface area contributed by atoms with Gasteiger partial charge in [0.2, 0.25) is 5.91 Å². The van der Waals surface area contributed by atoms with Gasteiger partial charge in [-0.25, -0.2) is 9.18 Å². The van der Waals surface area contributed by atoms with Gasteiger partial charge in [0.15, 0.2) is 0 Å². The summed E-state index contributed by atoms with van der Waals surface area (Å²) in [6.45, 7) is 4.65. The number of pyridine rings is 1. The van der Waals surface area contributed by atoms with Gasteiger partial charge in [0.1, 0.15) is 11.9 Å². The molecular weight excluding hydrogens is 435 g/mol. The number of nitrogens with one attached hydrogen (secondary N) is 2. The van der Waals surface area contributed by atoms with Gasteiger partial charge in [0.25, 0.3) is 0 Å². The quantitative estimate of drug-likeness (QED) is 0.524. The molecule has 4 rings (SSSR count). The number of cyclic esters (lactones) is 1. The van der Waals surface area contributed by atoms with Crippen LogP contribution in [0.2, 0.25) is 0 Å². The molecule has 2 heterocycles. The lowest BCUT2D eigenvalue weighted by molar-refractivity contribution is -0.119. The smallest absolute Gasteiger partial charge is 0.414 e. The molecule has 0 spiro atoms. The Morgan fingerprint density at radius 2 is 1.91 bits per heavy atom. The van der Waals surface area contributed by atoms with Crippen molar-refractivity contribution in [3.05, 3.63) is 83.9 Å². The Labute approximate surface area is 198 Å². The zero-order valence-corrected chi connectivity index (χ0v) is 19.1. The second-order valence-corrected chi connectivity index (χ2v) is 8.30. The van der Waals surface area contributed by atoms with Gasteiger partial charge < -0.3 is 15.4 Å². The second-order valence-electron chi connectivity index (χ2n) is 8.30. The van der Waals surface area contributed by atoms with Crippen molar-refractivity contribution in [1.82, 2.24) is 15.6 Å². The Bertz CT molecular complexity index is 1150. The van der Waals surface area contributed by atoms with Gasteiger partial charge in [-0.15, -0.1) is 0 Å². The maximum absolute atomic E-state index is 15.0. The van der Waals surface area contributed by atoms with Crippen molar-refractivity contribution in [3.63, 3.8) is 0 Å². The molecule has 0 bridgehead atoms. The van der Waals surface area contributed by atoms with Gasteiger partial charge >= 0.3 is 6.09 Å². The zero-order chi connectivity index (χ0) is 24.1. The van der Waals surface area contributed by atoms with Crippen LogP contribution in [0.5, 0.6) is 0 Å². The van der Waals surface area contributed by atoms with Gasteiger partial charge in [-0.2, -0.15) is 0 Å². The summed E-state index contributed by atoms with van der Waals surface area (Å²) in [7, 11) is 0. The minimum Gasteiger partial charge on any atom is -0.442 e. The van der Waals surface area contributed by atoms with Crippen LogP contribution in [0, 0.1) is 5.82 Å². The number of ether oxygens (including phenoxy) is 1. The van der Waals surface area contributed by atoms with Crippen molar-refractivity contribution in [3.8, 4) is 11.1 Å². The molecule has 2 aromatic carbocycles. The lowest BCUT2D eigenvalue weighted by Gasteiger charge is -2.15. The van der Waals surface area contributed by atoms with Crippen LogP contribution in [0.4, 0.5) is 14.9 Å². The summed E-state index contributed by atoms with van der Waals surface area (Å²) in [4.78, 5) is 28.7. The highest BCUT2D eigenvalue weighted by Gasteiger charge is 2.32. The predicted octanol–water partition coefficient (Wildman–Crippen LogP) is 4.20. The van der Waals surface area contributed by atoms with Crippen LogP contribution in [-0.2, 0) is 16.1 Å². The van der Waals surface area contributed by atoms with Gasteiger partial charge in [-0.3, -0.25) is 14.7 Å². The van der Waals surface area contributed by atoms with E-state index in [4.69, 9.17) is 4.74 Å². The molecule has 8 heteroatoms. The third-order valence-corrected chi connectivity index (χ3v) is 5.80. The van der Waals surface area contributed by atoms with E-state index in [1.165, 1.54) is 17.9 Å². The number of benzene rings is 2. The summed E-state index contributed by atoms with van der Waals surface area (Å²) in [5.74, 6) is -0.622. The van der Waals surface area contributed by atoms with Crippen molar-refractivity contribution in [1.29, 1.82) is 0 Å². The molecule has 1 aliphatic heterocycles. The number of nitrogens with zero attached hydrogens (tertiary/aromatic N) is 2. The molecule has 7 nitrogen and oxygen atoms in total. The third-order valence-electron chi connectivity index (χ3n) is 5.80. The molecule has 2 N–H and O–H groups in total. The summed E-state index contributed by atoms with van der Waals surface area (Å²) in [6.07, 6.45) is 2.53. The third kappa shape index (κ3) is 5.58. The Balaban J connectivity index is 1.39.